The van der Waals surface area contributed by atoms with Gasteiger partial charge in [-0.25, -0.2) is 0 Å². The van der Waals surface area contributed by atoms with Crippen molar-refractivity contribution in [2.24, 2.45) is 5.73 Å². The summed E-state index contributed by atoms with van der Waals surface area (Å²) >= 11 is 3.09. The Hall–Kier alpha value is -2.32. The number of primary amides is 1. The zero-order chi connectivity index (χ0) is 16.1. The molecule has 3 rings (SSSR count). The van der Waals surface area contributed by atoms with Crippen LogP contribution in [0.3, 0.4) is 0 Å². The minimum absolute atomic E-state index is 0.416. The largest absolute Gasteiger partial charge is 0.467 e. The summed E-state index contributed by atoms with van der Waals surface area (Å²) in [5.41, 5.74) is 6.83. The molecule has 0 aliphatic carbocycles. The van der Waals surface area contributed by atoms with Crippen molar-refractivity contribution in [3.05, 3.63) is 59.5 Å². The number of nitrogens with one attached hydrogen (secondary N) is 1. The van der Waals surface area contributed by atoms with Gasteiger partial charge in [0.25, 0.3) is 0 Å². The number of carbonyl (C=O) groups is 1. The minimum Gasteiger partial charge on any atom is -0.467 e. The molecule has 0 saturated heterocycles. The first kappa shape index (κ1) is 15.6. The molecule has 0 bridgehead atoms. The van der Waals surface area contributed by atoms with E-state index in [1.165, 1.54) is 11.3 Å². The van der Waals surface area contributed by atoms with Crippen LogP contribution in [0, 0.1) is 0 Å². The molecule has 8 heteroatoms. The summed E-state index contributed by atoms with van der Waals surface area (Å²) in [6.45, 7) is 0.584. The van der Waals surface area contributed by atoms with Crippen LogP contribution in [0.4, 0.5) is 5.13 Å². The van der Waals surface area contributed by atoms with Gasteiger partial charge in [-0.05, 0) is 29.8 Å². The maximum absolute atomic E-state index is 11.0. The van der Waals surface area contributed by atoms with Gasteiger partial charge in [-0.1, -0.05) is 35.2 Å². The summed E-state index contributed by atoms with van der Waals surface area (Å²) in [5, 5.41) is 12.2. The maximum Gasteiger partial charge on any atom is 0.248 e. The fraction of sp³-hybridized carbons (Fsp3) is 0.133. The van der Waals surface area contributed by atoms with Crippen LogP contribution in [-0.4, -0.2) is 16.1 Å². The topological polar surface area (TPSA) is 94.0 Å². The Morgan fingerprint density at radius 3 is 2.78 bits per heavy atom. The Morgan fingerprint density at radius 1 is 1.26 bits per heavy atom. The first-order valence-corrected chi connectivity index (χ1v) is 8.62. The van der Waals surface area contributed by atoms with Gasteiger partial charge in [-0.3, -0.25) is 4.79 Å². The second-order valence-electron chi connectivity index (χ2n) is 4.66. The molecule has 23 heavy (non-hydrogen) atoms. The van der Waals surface area contributed by atoms with Crippen molar-refractivity contribution in [2.75, 3.05) is 5.32 Å². The van der Waals surface area contributed by atoms with Crippen LogP contribution in [0.1, 0.15) is 21.7 Å². The lowest BCUT2D eigenvalue weighted by Crippen LogP contribution is -2.10. The Kier molecular flexibility index (Phi) is 4.94. The van der Waals surface area contributed by atoms with E-state index in [-0.39, 0.29) is 0 Å². The van der Waals surface area contributed by atoms with Crippen molar-refractivity contribution >= 4 is 34.1 Å². The predicted octanol–water partition coefficient (Wildman–Crippen LogP) is 3.13. The number of rotatable bonds is 7. The third kappa shape index (κ3) is 4.33. The van der Waals surface area contributed by atoms with Gasteiger partial charge in [-0.2, -0.15) is 0 Å². The predicted molar refractivity (Wildman–Crippen MR) is 90.5 cm³/mol. The van der Waals surface area contributed by atoms with Crippen LogP contribution >= 0.6 is 23.1 Å². The van der Waals surface area contributed by atoms with E-state index >= 15 is 0 Å². The third-order valence-corrected chi connectivity index (χ3v) is 5.09. The van der Waals surface area contributed by atoms with Gasteiger partial charge in [0.05, 0.1) is 12.8 Å². The fourth-order valence-corrected chi connectivity index (χ4v) is 3.53. The lowest BCUT2D eigenvalue weighted by molar-refractivity contribution is 0.100. The lowest BCUT2D eigenvalue weighted by atomic mass is 10.1. The number of aromatic nitrogens is 2. The van der Waals surface area contributed by atoms with Crippen LogP contribution in [-0.2, 0) is 12.3 Å². The normalized spacial score (nSPS) is 10.6. The molecule has 0 atom stereocenters. The molecule has 0 aliphatic heterocycles. The smallest absolute Gasteiger partial charge is 0.248 e. The van der Waals surface area contributed by atoms with Crippen molar-refractivity contribution in [1.82, 2.24) is 10.2 Å². The molecule has 0 saturated carbocycles. The van der Waals surface area contributed by atoms with Gasteiger partial charge < -0.3 is 15.5 Å². The van der Waals surface area contributed by atoms with Gasteiger partial charge in [0.2, 0.25) is 11.0 Å². The SMILES string of the molecule is NC(=O)c1ccc(CSc2nnc(NCc3ccco3)s2)cc1. The zero-order valence-electron chi connectivity index (χ0n) is 12.1. The molecule has 118 valence electrons. The highest BCUT2D eigenvalue weighted by atomic mass is 32.2. The highest BCUT2D eigenvalue weighted by Gasteiger charge is 2.06. The summed E-state index contributed by atoms with van der Waals surface area (Å²) in [6.07, 6.45) is 1.64. The average molecular weight is 346 g/mol. The van der Waals surface area contributed by atoms with E-state index in [1.807, 2.05) is 24.3 Å². The van der Waals surface area contributed by atoms with Gasteiger partial charge >= 0.3 is 0 Å². The van der Waals surface area contributed by atoms with Gasteiger partial charge in [-0.15, -0.1) is 10.2 Å². The van der Waals surface area contributed by atoms with Crippen molar-refractivity contribution in [1.29, 1.82) is 0 Å². The van der Waals surface area contributed by atoms with Crippen LogP contribution < -0.4 is 11.1 Å². The molecule has 3 N–H and O–H groups in total. The number of nitrogens with zero attached hydrogens (tertiary/aromatic N) is 2. The van der Waals surface area contributed by atoms with Crippen LogP contribution in [0.5, 0.6) is 0 Å². The highest BCUT2D eigenvalue weighted by Crippen LogP contribution is 2.28. The number of amides is 1. The Morgan fingerprint density at radius 2 is 2.09 bits per heavy atom. The maximum atomic E-state index is 11.0. The molecule has 1 aromatic carbocycles. The third-order valence-electron chi connectivity index (χ3n) is 3.00. The number of carbonyl (C=O) groups excluding carboxylic acids is 1. The van der Waals surface area contributed by atoms with E-state index in [0.717, 1.165) is 26.5 Å². The molecule has 0 fully saturated rings. The van der Waals surface area contributed by atoms with Gasteiger partial charge in [0, 0.05) is 11.3 Å². The number of hydrogen-bond donors (Lipinski definition) is 2. The van der Waals surface area contributed by atoms with Crippen molar-refractivity contribution in [2.45, 2.75) is 16.6 Å². The summed E-state index contributed by atoms with van der Waals surface area (Å²) in [4.78, 5) is 11.0. The lowest BCUT2D eigenvalue weighted by Gasteiger charge is -2.00. The molecule has 1 amide bonds. The number of nitrogens with two attached hydrogens (primary N) is 1. The molecule has 2 heterocycles. The monoisotopic (exact) mass is 346 g/mol. The Balaban J connectivity index is 1.51. The minimum atomic E-state index is -0.416. The van der Waals surface area contributed by atoms with Crippen LogP contribution in [0.15, 0.2) is 51.4 Å². The van der Waals surface area contributed by atoms with E-state index in [9.17, 15) is 4.79 Å². The number of hydrogen-bond acceptors (Lipinski definition) is 7. The van der Waals surface area contributed by atoms with E-state index in [4.69, 9.17) is 10.2 Å². The second kappa shape index (κ2) is 7.30. The van der Waals surface area contributed by atoms with Gasteiger partial charge in [0.15, 0.2) is 4.34 Å². The molecule has 6 nitrogen and oxygen atoms in total. The molecule has 0 aliphatic rings. The Bertz CT molecular complexity index is 769. The number of thioether (sulfide) groups is 1. The van der Waals surface area contributed by atoms with Crippen molar-refractivity contribution in [3.8, 4) is 0 Å². The molecule has 0 spiro atoms. The summed E-state index contributed by atoms with van der Waals surface area (Å²) < 4.78 is 6.13. The zero-order valence-corrected chi connectivity index (χ0v) is 13.7. The highest BCUT2D eigenvalue weighted by molar-refractivity contribution is 8.00. The standard InChI is InChI=1S/C15H14N4O2S2/c16-13(20)11-5-3-10(4-6-11)9-22-15-19-18-14(23-15)17-8-12-2-1-7-21-12/h1-7H,8-9H2,(H2,16,20)(H,17,18). The number of furan rings is 1. The number of anilines is 1. The fourth-order valence-electron chi connectivity index (χ4n) is 1.83. The van der Waals surface area contributed by atoms with Crippen LogP contribution in [0.25, 0.3) is 0 Å². The first-order chi connectivity index (χ1) is 11.2. The molecule has 0 radical (unpaired) electrons. The summed E-state index contributed by atoms with van der Waals surface area (Å²) in [6, 6.07) is 11.0. The summed E-state index contributed by atoms with van der Waals surface area (Å²) in [5.74, 6) is 1.19. The van der Waals surface area contributed by atoms with E-state index in [2.05, 4.69) is 15.5 Å². The van der Waals surface area contributed by atoms with E-state index in [0.29, 0.717) is 12.1 Å². The molecule has 3 aromatic rings. The Labute approximate surface area is 141 Å². The molecular formula is C15H14N4O2S2. The second-order valence-corrected chi connectivity index (χ2v) is 6.86. The van der Waals surface area contributed by atoms with Crippen molar-refractivity contribution in [3.63, 3.8) is 0 Å². The van der Waals surface area contributed by atoms with Crippen molar-refractivity contribution < 1.29 is 9.21 Å². The first-order valence-electron chi connectivity index (χ1n) is 6.82. The molecule has 2 aromatic heterocycles. The number of benzene rings is 1. The quantitative estimate of drug-likeness (QED) is 0.638. The molecular weight excluding hydrogens is 332 g/mol. The summed E-state index contributed by atoms with van der Waals surface area (Å²) in [7, 11) is 0. The molecule has 0 unspecified atom stereocenters. The van der Waals surface area contributed by atoms with E-state index in [1.54, 1.807) is 30.2 Å². The average Bonchev–Trinajstić information content (AvgIpc) is 3.23. The van der Waals surface area contributed by atoms with Gasteiger partial charge in [0.1, 0.15) is 5.76 Å². The van der Waals surface area contributed by atoms with E-state index < -0.39 is 5.91 Å². The van der Waals surface area contributed by atoms with Crippen LogP contribution in [0.2, 0.25) is 0 Å².